The fourth-order valence-corrected chi connectivity index (χ4v) is 1.06. The average molecular weight is 204 g/mol. The third-order valence-corrected chi connectivity index (χ3v) is 1.80. The van der Waals surface area contributed by atoms with Crippen LogP contribution >= 0.6 is 0 Å². The van der Waals surface area contributed by atoms with Gasteiger partial charge in [-0.05, 0) is 18.2 Å². The molecule has 0 radical (unpaired) electrons. The van der Waals surface area contributed by atoms with Gasteiger partial charge in [-0.2, -0.15) is 0 Å². The van der Waals surface area contributed by atoms with Crippen LogP contribution in [0.15, 0.2) is 18.2 Å². The molecule has 0 fully saturated rings. The van der Waals surface area contributed by atoms with Gasteiger partial charge in [0.05, 0.1) is 19.2 Å². The third kappa shape index (κ3) is 2.73. The van der Waals surface area contributed by atoms with E-state index in [2.05, 4.69) is 16.6 Å². The average Bonchev–Trinajstić information content (AvgIpc) is 2.27. The van der Waals surface area contributed by atoms with E-state index in [-0.39, 0.29) is 6.54 Å². The van der Waals surface area contributed by atoms with Crippen molar-refractivity contribution >= 4 is 11.7 Å². The summed E-state index contributed by atoms with van der Waals surface area (Å²) in [6.45, 7) is 0.252. The number of carbonyl (C=O) groups is 1. The van der Waals surface area contributed by atoms with Crippen LogP contribution in [0.2, 0.25) is 0 Å². The van der Waals surface area contributed by atoms with Crippen molar-refractivity contribution in [1.29, 1.82) is 0 Å². The molecule has 0 saturated heterocycles. The van der Waals surface area contributed by atoms with Gasteiger partial charge in [-0.25, -0.2) is 4.79 Å². The predicted octanol–water partition coefficient (Wildman–Crippen LogP) is 0.366. The molecule has 0 aliphatic rings. The van der Waals surface area contributed by atoms with Crippen molar-refractivity contribution in [3.05, 3.63) is 29.3 Å². The van der Waals surface area contributed by atoms with Gasteiger partial charge in [-0.1, -0.05) is 11.8 Å². The van der Waals surface area contributed by atoms with Gasteiger partial charge < -0.3 is 16.2 Å². The molecular weight excluding hydrogens is 192 g/mol. The van der Waals surface area contributed by atoms with Crippen LogP contribution in [0.5, 0.6) is 0 Å². The number of nitrogens with two attached hydrogens (primary N) is 2. The van der Waals surface area contributed by atoms with Crippen LogP contribution in [0.1, 0.15) is 15.9 Å². The van der Waals surface area contributed by atoms with E-state index in [0.29, 0.717) is 16.8 Å². The smallest absolute Gasteiger partial charge is 0.337 e. The summed E-state index contributed by atoms with van der Waals surface area (Å²) in [7, 11) is 1.32. The summed E-state index contributed by atoms with van der Waals surface area (Å²) in [5.74, 6) is 5.05. The predicted molar refractivity (Wildman–Crippen MR) is 58.1 cm³/mol. The molecule has 4 nitrogen and oxygen atoms in total. The number of benzene rings is 1. The molecule has 4 heteroatoms. The van der Waals surface area contributed by atoms with Crippen molar-refractivity contribution in [2.45, 2.75) is 0 Å². The Balaban J connectivity index is 3.10. The summed E-state index contributed by atoms with van der Waals surface area (Å²) in [5, 5.41) is 0. The van der Waals surface area contributed by atoms with Crippen LogP contribution in [0.25, 0.3) is 0 Å². The van der Waals surface area contributed by atoms with Crippen molar-refractivity contribution in [2.75, 3.05) is 19.4 Å². The molecule has 0 aliphatic heterocycles. The van der Waals surface area contributed by atoms with E-state index in [4.69, 9.17) is 11.5 Å². The number of nitrogen functional groups attached to an aromatic ring is 1. The van der Waals surface area contributed by atoms with Crippen LogP contribution in [-0.2, 0) is 4.74 Å². The molecule has 0 amide bonds. The number of hydrogen-bond donors (Lipinski definition) is 2. The number of hydrogen-bond acceptors (Lipinski definition) is 4. The highest BCUT2D eigenvalue weighted by Crippen LogP contribution is 2.13. The van der Waals surface area contributed by atoms with Crippen LogP contribution in [0.4, 0.5) is 5.69 Å². The Kier molecular flexibility index (Phi) is 3.72. The Morgan fingerprint density at radius 1 is 1.53 bits per heavy atom. The second-order valence-electron chi connectivity index (χ2n) is 2.80. The minimum absolute atomic E-state index is 0.252. The van der Waals surface area contributed by atoms with Gasteiger partial charge in [0.15, 0.2) is 0 Å². The number of carbonyl (C=O) groups excluding carboxylic acids is 1. The van der Waals surface area contributed by atoms with E-state index in [0.717, 1.165) is 0 Å². The zero-order valence-electron chi connectivity index (χ0n) is 8.41. The molecule has 0 unspecified atom stereocenters. The first-order valence-corrected chi connectivity index (χ1v) is 4.36. The molecule has 78 valence electrons. The number of esters is 1. The second kappa shape index (κ2) is 5.03. The molecule has 0 aromatic heterocycles. The molecule has 0 saturated carbocycles. The van der Waals surface area contributed by atoms with Gasteiger partial charge in [-0.3, -0.25) is 0 Å². The number of ether oxygens (including phenoxy) is 1. The van der Waals surface area contributed by atoms with Gasteiger partial charge in [-0.15, -0.1) is 0 Å². The first-order valence-electron chi connectivity index (χ1n) is 4.36. The summed E-state index contributed by atoms with van der Waals surface area (Å²) >= 11 is 0. The zero-order valence-corrected chi connectivity index (χ0v) is 8.41. The second-order valence-corrected chi connectivity index (χ2v) is 2.80. The van der Waals surface area contributed by atoms with Gasteiger partial charge in [0, 0.05) is 11.3 Å². The summed E-state index contributed by atoms with van der Waals surface area (Å²) in [6, 6.07) is 4.80. The molecule has 1 aromatic rings. The van der Waals surface area contributed by atoms with Gasteiger partial charge in [0.1, 0.15) is 0 Å². The molecule has 1 rings (SSSR count). The SMILES string of the molecule is COC(=O)c1ccc(N)c(C#CCN)c1. The van der Waals surface area contributed by atoms with Gasteiger partial charge in [0.25, 0.3) is 0 Å². The quantitative estimate of drug-likeness (QED) is 0.393. The first-order chi connectivity index (χ1) is 7.19. The molecule has 1 aromatic carbocycles. The number of methoxy groups -OCH3 is 1. The Labute approximate surface area is 88.2 Å². The summed E-state index contributed by atoms with van der Waals surface area (Å²) < 4.78 is 4.58. The molecule has 0 heterocycles. The van der Waals surface area contributed by atoms with Crippen LogP contribution in [-0.4, -0.2) is 19.6 Å². The van der Waals surface area contributed by atoms with E-state index < -0.39 is 5.97 Å². The third-order valence-electron chi connectivity index (χ3n) is 1.80. The highest BCUT2D eigenvalue weighted by Gasteiger charge is 2.06. The topological polar surface area (TPSA) is 78.3 Å². The summed E-state index contributed by atoms with van der Waals surface area (Å²) in [5.41, 5.74) is 12.4. The number of anilines is 1. The lowest BCUT2D eigenvalue weighted by Crippen LogP contribution is -2.03. The molecule has 0 aliphatic carbocycles. The maximum atomic E-state index is 11.2. The molecule has 0 atom stereocenters. The molecular formula is C11H12N2O2. The van der Waals surface area contributed by atoms with Crippen molar-refractivity contribution in [2.24, 2.45) is 5.73 Å². The summed E-state index contributed by atoms with van der Waals surface area (Å²) in [6.07, 6.45) is 0. The zero-order chi connectivity index (χ0) is 11.3. The lowest BCUT2D eigenvalue weighted by molar-refractivity contribution is 0.0600. The van der Waals surface area contributed by atoms with Crippen molar-refractivity contribution in [3.8, 4) is 11.8 Å². The van der Waals surface area contributed by atoms with Crippen LogP contribution in [0.3, 0.4) is 0 Å². The van der Waals surface area contributed by atoms with Gasteiger partial charge >= 0.3 is 5.97 Å². The molecule has 0 bridgehead atoms. The lowest BCUT2D eigenvalue weighted by atomic mass is 10.1. The lowest BCUT2D eigenvalue weighted by Gasteiger charge is -2.02. The largest absolute Gasteiger partial charge is 0.465 e. The highest BCUT2D eigenvalue weighted by molar-refractivity contribution is 5.90. The minimum atomic E-state index is -0.411. The Bertz CT molecular complexity index is 430. The van der Waals surface area contributed by atoms with E-state index in [9.17, 15) is 4.79 Å². The monoisotopic (exact) mass is 204 g/mol. The van der Waals surface area contributed by atoms with Gasteiger partial charge in [0.2, 0.25) is 0 Å². The minimum Gasteiger partial charge on any atom is -0.465 e. The Hall–Kier alpha value is -1.99. The molecule has 0 spiro atoms. The molecule has 15 heavy (non-hydrogen) atoms. The normalized spacial score (nSPS) is 8.93. The maximum Gasteiger partial charge on any atom is 0.337 e. The van der Waals surface area contributed by atoms with Crippen molar-refractivity contribution < 1.29 is 9.53 Å². The number of rotatable bonds is 1. The van der Waals surface area contributed by atoms with Crippen LogP contribution < -0.4 is 11.5 Å². The fraction of sp³-hybridized carbons (Fsp3) is 0.182. The van der Waals surface area contributed by atoms with E-state index >= 15 is 0 Å². The van der Waals surface area contributed by atoms with E-state index in [1.807, 2.05) is 0 Å². The van der Waals surface area contributed by atoms with E-state index in [1.165, 1.54) is 7.11 Å². The standard InChI is InChI=1S/C11H12N2O2/c1-15-11(14)9-4-5-10(13)8(7-9)3-2-6-12/h4-5,7H,6,12-13H2,1H3. The highest BCUT2D eigenvalue weighted by atomic mass is 16.5. The van der Waals surface area contributed by atoms with Crippen molar-refractivity contribution in [3.63, 3.8) is 0 Å². The molecule has 4 N–H and O–H groups in total. The Morgan fingerprint density at radius 3 is 2.87 bits per heavy atom. The first kappa shape index (κ1) is 11.1. The van der Waals surface area contributed by atoms with Crippen LogP contribution in [0, 0.1) is 11.8 Å². The fourth-order valence-electron chi connectivity index (χ4n) is 1.06. The maximum absolute atomic E-state index is 11.2. The van der Waals surface area contributed by atoms with E-state index in [1.54, 1.807) is 18.2 Å². The van der Waals surface area contributed by atoms with Crippen molar-refractivity contribution in [1.82, 2.24) is 0 Å². The Morgan fingerprint density at radius 2 is 2.27 bits per heavy atom. The summed E-state index contributed by atoms with van der Waals surface area (Å²) in [4.78, 5) is 11.2.